The van der Waals surface area contributed by atoms with Gasteiger partial charge in [-0.25, -0.2) is 0 Å². The Balaban J connectivity index is 1.76. The molecule has 1 amide bonds. The molecule has 0 fully saturated rings. The first-order valence-electron chi connectivity index (χ1n) is 10.4. The monoisotopic (exact) mass is 448 g/mol. The minimum Gasteiger partial charge on any atom is -0.495 e. The molecule has 0 aliphatic carbocycles. The zero-order chi connectivity index (χ0) is 22.3. The van der Waals surface area contributed by atoms with Gasteiger partial charge in [-0.3, -0.25) is 4.79 Å². The number of para-hydroxylation sites is 3. The Labute approximate surface area is 190 Å². The highest BCUT2D eigenvalue weighted by Gasteiger charge is 2.15. The number of benzene rings is 3. The zero-order valence-corrected chi connectivity index (χ0v) is 18.8. The summed E-state index contributed by atoms with van der Waals surface area (Å²) in [5.41, 5.74) is 1.30. The summed E-state index contributed by atoms with van der Waals surface area (Å²) in [5, 5.41) is 0. The van der Waals surface area contributed by atoms with Gasteiger partial charge < -0.3 is 18.8 Å². The number of nitrogens with zero attached hydrogens (tertiary/aromatic N) is 2. The number of carbonyl (C=O) groups is 1. The maximum absolute atomic E-state index is 13.2. The van der Waals surface area contributed by atoms with Gasteiger partial charge in [-0.2, -0.15) is 4.99 Å². The lowest BCUT2D eigenvalue weighted by molar-refractivity contribution is 0.0994. The summed E-state index contributed by atoms with van der Waals surface area (Å²) in [5.74, 6) is 1.49. The summed E-state index contributed by atoms with van der Waals surface area (Å²) >= 11 is 1.44. The molecule has 0 N–H and O–H groups in total. The molecule has 0 bridgehead atoms. The fourth-order valence-electron chi connectivity index (χ4n) is 3.35. The number of fused-ring (bicyclic) bond motifs is 1. The molecular weight excluding hydrogens is 424 g/mol. The highest BCUT2D eigenvalue weighted by atomic mass is 32.1. The van der Waals surface area contributed by atoms with E-state index < -0.39 is 0 Å². The number of amides is 1. The van der Waals surface area contributed by atoms with Crippen molar-refractivity contribution >= 4 is 27.5 Å². The molecule has 0 spiro atoms. The van der Waals surface area contributed by atoms with Gasteiger partial charge in [0, 0.05) is 13.2 Å². The van der Waals surface area contributed by atoms with Crippen molar-refractivity contribution in [2.45, 2.75) is 13.5 Å². The van der Waals surface area contributed by atoms with Crippen molar-refractivity contribution in [3.63, 3.8) is 0 Å². The van der Waals surface area contributed by atoms with Crippen molar-refractivity contribution in [3.05, 3.63) is 83.2 Å². The van der Waals surface area contributed by atoms with Gasteiger partial charge in [0.25, 0.3) is 5.91 Å². The summed E-state index contributed by atoms with van der Waals surface area (Å²) in [6.07, 6.45) is 0. The number of hydrogen-bond acceptors (Lipinski definition) is 5. The van der Waals surface area contributed by atoms with E-state index in [-0.39, 0.29) is 5.91 Å². The van der Waals surface area contributed by atoms with Gasteiger partial charge >= 0.3 is 0 Å². The molecule has 0 saturated carbocycles. The molecule has 1 heterocycles. The Bertz CT molecular complexity index is 1280. The molecule has 0 radical (unpaired) electrons. The molecule has 3 aromatic carbocycles. The van der Waals surface area contributed by atoms with Crippen LogP contribution in [0.15, 0.2) is 77.8 Å². The SMILES string of the molecule is CCOCCn1c(=NC(=O)c2ccccc2Oc2ccccc2)sc2cccc(OC)c21. The number of hydrogen-bond donors (Lipinski definition) is 0. The molecule has 32 heavy (non-hydrogen) atoms. The maximum atomic E-state index is 13.2. The van der Waals surface area contributed by atoms with Crippen molar-refractivity contribution in [2.75, 3.05) is 20.3 Å². The Morgan fingerprint density at radius 2 is 1.72 bits per heavy atom. The number of ether oxygens (including phenoxy) is 3. The third-order valence-corrected chi connectivity index (χ3v) is 5.88. The molecule has 0 aliphatic heterocycles. The lowest BCUT2D eigenvalue weighted by Crippen LogP contribution is -2.20. The van der Waals surface area contributed by atoms with Crippen LogP contribution >= 0.6 is 11.3 Å². The number of aromatic nitrogens is 1. The van der Waals surface area contributed by atoms with Crippen LogP contribution in [0.2, 0.25) is 0 Å². The molecule has 7 heteroatoms. The first-order valence-corrected chi connectivity index (χ1v) is 11.2. The van der Waals surface area contributed by atoms with Gasteiger partial charge in [0.1, 0.15) is 22.8 Å². The van der Waals surface area contributed by atoms with Crippen LogP contribution in [-0.2, 0) is 11.3 Å². The fraction of sp³-hybridized carbons (Fsp3) is 0.200. The van der Waals surface area contributed by atoms with Crippen molar-refractivity contribution in [3.8, 4) is 17.2 Å². The Hall–Kier alpha value is -3.42. The van der Waals surface area contributed by atoms with E-state index in [1.165, 1.54) is 11.3 Å². The molecule has 0 saturated heterocycles. The van der Waals surface area contributed by atoms with E-state index in [0.29, 0.717) is 41.6 Å². The molecule has 0 unspecified atom stereocenters. The molecular formula is C25H24N2O4S. The summed E-state index contributed by atoms with van der Waals surface area (Å²) < 4.78 is 20.0. The van der Waals surface area contributed by atoms with Crippen molar-refractivity contribution in [1.29, 1.82) is 0 Å². The van der Waals surface area contributed by atoms with Crippen molar-refractivity contribution in [1.82, 2.24) is 4.57 Å². The number of rotatable bonds is 8. The van der Waals surface area contributed by atoms with E-state index in [1.54, 1.807) is 25.3 Å². The highest BCUT2D eigenvalue weighted by Crippen LogP contribution is 2.28. The average molecular weight is 449 g/mol. The highest BCUT2D eigenvalue weighted by molar-refractivity contribution is 7.16. The van der Waals surface area contributed by atoms with E-state index in [1.807, 2.05) is 66.1 Å². The summed E-state index contributed by atoms with van der Waals surface area (Å²) in [6, 6.07) is 22.3. The summed E-state index contributed by atoms with van der Waals surface area (Å²) in [7, 11) is 1.64. The van der Waals surface area contributed by atoms with Crippen LogP contribution < -0.4 is 14.3 Å². The Kier molecular flexibility index (Phi) is 6.99. The van der Waals surface area contributed by atoms with Crippen LogP contribution in [0.4, 0.5) is 0 Å². The normalized spacial score (nSPS) is 11.6. The third kappa shape index (κ3) is 4.74. The van der Waals surface area contributed by atoms with Crippen LogP contribution in [-0.4, -0.2) is 30.8 Å². The molecule has 4 rings (SSSR count). The van der Waals surface area contributed by atoms with E-state index in [9.17, 15) is 4.79 Å². The fourth-order valence-corrected chi connectivity index (χ4v) is 4.42. The lowest BCUT2D eigenvalue weighted by atomic mass is 10.2. The Morgan fingerprint density at radius 3 is 2.50 bits per heavy atom. The Morgan fingerprint density at radius 1 is 0.969 bits per heavy atom. The van der Waals surface area contributed by atoms with E-state index in [4.69, 9.17) is 14.2 Å². The number of thiazole rings is 1. The third-order valence-electron chi connectivity index (χ3n) is 4.83. The minimum atomic E-state index is -0.368. The van der Waals surface area contributed by atoms with E-state index in [0.717, 1.165) is 16.0 Å². The molecule has 6 nitrogen and oxygen atoms in total. The topological polar surface area (TPSA) is 62.1 Å². The zero-order valence-electron chi connectivity index (χ0n) is 18.0. The molecule has 4 aromatic rings. The van der Waals surface area contributed by atoms with Gasteiger partial charge in [0.2, 0.25) is 0 Å². The second-order valence-electron chi connectivity index (χ2n) is 6.87. The van der Waals surface area contributed by atoms with E-state index >= 15 is 0 Å². The molecule has 0 atom stereocenters. The molecule has 164 valence electrons. The van der Waals surface area contributed by atoms with Gasteiger partial charge in [0.15, 0.2) is 4.80 Å². The summed E-state index contributed by atoms with van der Waals surface area (Å²) in [6.45, 7) is 3.64. The van der Waals surface area contributed by atoms with Crippen LogP contribution in [0.3, 0.4) is 0 Å². The van der Waals surface area contributed by atoms with Gasteiger partial charge in [-0.05, 0) is 43.3 Å². The molecule has 0 aliphatic rings. The van der Waals surface area contributed by atoms with Crippen molar-refractivity contribution < 1.29 is 19.0 Å². The van der Waals surface area contributed by atoms with Crippen molar-refractivity contribution in [2.24, 2.45) is 4.99 Å². The molecule has 1 aromatic heterocycles. The summed E-state index contributed by atoms with van der Waals surface area (Å²) in [4.78, 5) is 18.3. The van der Waals surface area contributed by atoms with E-state index in [2.05, 4.69) is 4.99 Å². The number of methoxy groups -OCH3 is 1. The predicted octanol–water partition coefficient (Wildman–Crippen LogP) is 5.28. The smallest absolute Gasteiger partial charge is 0.283 e. The van der Waals surface area contributed by atoms with Gasteiger partial charge in [-0.1, -0.05) is 47.7 Å². The van der Waals surface area contributed by atoms with Crippen LogP contribution in [0.1, 0.15) is 17.3 Å². The van der Waals surface area contributed by atoms with Crippen LogP contribution in [0, 0.1) is 0 Å². The number of carbonyl (C=O) groups excluding carboxylic acids is 1. The standard InChI is InChI=1S/C25H24N2O4S/c1-3-30-17-16-27-23-21(29-2)14-9-15-22(23)32-25(27)26-24(28)19-12-7-8-13-20(19)31-18-10-5-4-6-11-18/h4-15H,3,16-17H2,1-2H3. The maximum Gasteiger partial charge on any atom is 0.283 e. The quantitative estimate of drug-likeness (QED) is 0.344. The lowest BCUT2D eigenvalue weighted by Gasteiger charge is -2.09. The van der Waals surface area contributed by atoms with Gasteiger partial charge in [0.05, 0.1) is 24.0 Å². The van der Waals surface area contributed by atoms with Gasteiger partial charge in [-0.15, -0.1) is 0 Å². The minimum absolute atomic E-state index is 0.368. The van der Waals surface area contributed by atoms with Crippen LogP contribution in [0.25, 0.3) is 10.2 Å². The first-order chi connectivity index (χ1) is 15.7. The second-order valence-corrected chi connectivity index (χ2v) is 7.88. The largest absolute Gasteiger partial charge is 0.495 e. The second kappa shape index (κ2) is 10.3. The average Bonchev–Trinajstić information content (AvgIpc) is 3.17. The first kappa shape index (κ1) is 21.8. The van der Waals surface area contributed by atoms with Crippen LogP contribution in [0.5, 0.6) is 17.2 Å². The predicted molar refractivity (Wildman–Crippen MR) is 126 cm³/mol.